The summed E-state index contributed by atoms with van der Waals surface area (Å²) in [7, 11) is 0. The number of hydrogen-bond acceptors (Lipinski definition) is 2. The summed E-state index contributed by atoms with van der Waals surface area (Å²) in [6, 6.07) is 0.106. The average Bonchev–Trinajstić information content (AvgIpc) is 2.25. The molecule has 0 aliphatic heterocycles. The maximum Gasteiger partial charge on any atom is 0.220 e. The van der Waals surface area contributed by atoms with Gasteiger partial charge in [0, 0.05) is 19.0 Å². The molecule has 1 atom stereocenters. The van der Waals surface area contributed by atoms with Crippen LogP contribution in [0.5, 0.6) is 0 Å². The van der Waals surface area contributed by atoms with Gasteiger partial charge in [0.1, 0.15) is 0 Å². The minimum atomic E-state index is 0.106. The topological polar surface area (TPSA) is 55.1 Å². The first-order valence-corrected chi connectivity index (χ1v) is 6.23. The van der Waals surface area contributed by atoms with Gasteiger partial charge in [0.05, 0.1) is 0 Å². The number of carbonyl (C=O) groups excluding carboxylic acids is 1. The van der Waals surface area contributed by atoms with Gasteiger partial charge < -0.3 is 11.1 Å². The molecule has 0 aromatic rings. The van der Waals surface area contributed by atoms with Crippen LogP contribution in [0.3, 0.4) is 0 Å². The zero-order valence-electron chi connectivity index (χ0n) is 10.2. The first-order chi connectivity index (χ1) is 7.20. The molecule has 0 rings (SSSR count). The summed E-state index contributed by atoms with van der Waals surface area (Å²) in [4.78, 5) is 11.3. The Balaban J connectivity index is 3.26. The van der Waals surface area contributed by atoms with Crippen molar-refractivity contribution in [3.8, 4) is 0 Å². The van der Waals surface area contributed by atoms with E-state index < -0.39 is 0 Å². The molecular formula is C12H26N2O. The van der Waals surface area contributed by atoms with Crippen molar-refractivity contribution in [2.45, 2.75) is 64.8 Å². The van der Waals surface area contributed by atoms with Gasteiger partial charge in [0.25, 0.3) is 0 Å². The fourth-order valence-electron chi connectivity index (χ4n) is 1.37. The minimum absolute atomic E-state index is 0.106. The third kappa shape index (κ3) is 9.73. The Hall–Kier alpha value is -0.570. The first-order valence-electron chi connectivity index (χ1n) is 6.23. The molecule has 0 aliphatic rings. The highest BCUT2D eigenvalue weighted by atomic mass is 16.1. The Labute approximate surface area is 93.8 Å². The van der Waals surface area contributed by atoms with Crippen LogP contribution in [0.2, 0.25) is 0 Å². The van der Waals surface area contributed by atoms with E-state index in [4.69, 9.17) is 5.73 Å². The fraction of sp³-hybridized carbons (Fsp3) is 0.917. The van der Waals surface area contributed by atoms with Gasteiger partial charge in [-0.2, -0.15) is 0 Å². The Bertz CT molecular complexity index is 160. The molecule has 0 aromatic heterocycles. The van der Waals surface area contributed by atoms with Gasteiger partial charge in [0.15, 0.2) is 0 Å². The summed E-state index contributed by atoms with van der Waals surface area (Å²) < 4.78 is 0. The second kappa shape index (κ2) is 9.97. The Kier molecular flexibility index (Phi) is 9.59. The highest BCUT2D eigenvalue weighted by molar-refractivity contribution is 5.75. The number of nitrogens with two attached hydrogens (primary N) is 1. The van der Waals surface area contributed by atoms with Crippen LogP contribution in [-0.4, -0.2) is 18.5 Å². The highest BCUT2D eigenvalue weighted by Crippen LogP contribution is 2.04. The molecule has 3 N–H and O–H groups in total. The van der Waals surface area contributed by atoms with Gasteiger partial charge >= 0.3 is 0 Å². The molecule has 1 unspecified atom stereocenters. The number of carbonyl (C=O) groups is 1. The Morgan fingerprint density at radius 1 is 1.20 bits per heavy atom. The molecule has 0 radical (unpaired) electrons. The van der Waals surface area contributed by atoms with Crippen molar-refractivity contribution in [2.24, 2.45) is 5.73 Å². The van der Waals surface area contributed by atoms with Gasteiger partial charge in [0.2, 0.25) is 5.91 Å². The molecule has 0 aromatic carbocycles. The first kappa shape index (κ1) is 14.4. The normalized spacial score (nSPS) is 12.5. The van der Waals surface area contributed by atoms with Crippen molar-refractivity contribution in [1.82, 2.24) is 5.32 Å². The molecule has 0 aliphatic carbocycles. The van der Waals surface area contributed by atoms with Gasteiger partial charge in [-0.05, 0) is 12.8 Å². The molecule has 0 heterocycles. The lowest BCUT2D eigenvalue weighted by atomic mass is 10.1. The fourth-order valence-corrected chi connectivity index (χ4v) is 1.37. The maximum absolute atomic E-state index is 11.3. The van der Waals surface area contributed by atoms with Crippen LogP contribution in [-0.2, 0) is 4.79 Å². The van der Waals surface area contributed by atoms with Gasteiger partial charge in [-0.3, -0.25) is 4.79 Å². The monoisotopic (exact) mass is 214 g/mol. The van der Waals surface area contributed by atoms with Crippen LogP contribution in [0.1, 0.15) is 58.8 Å². The molecule has 0 fully saturated rings. The van der Waals surface area contributed by atoms with Crippen molar-refractivity contribution in [3.05, 3.63) is 0 Å². The minimum Gasteiger partial charge on any atom is -0.355 e. The molecule has 0 spiro atoms. The lowest BCUT2D eigenvalue weighted by Crippen LogP contribution is -2.36. The van der Waals surface area contributed by atoms with Crippen molar-refractivity contribution in [1.29, 1.82) is 0 Å². The van der Waals surface area contributed by atoms with E-state index in [0.29, 0.717) is 13.0 Å². The predicted octanol–water partition coefficient (Wildman–Crippen LogP) is 2.20. The van der Waals surface area contributed by atoms with Crippen LogP contribution in [0.25, 0.3) is 0 Å². The lowest BCUT2D eigenvalue weighted by Gasteiger charge is -2.09. The lowest BCUT2D eigenvalue weighted by molar-refractivity contribution is -0.121. The van der Waals surface area contributed by atoms with Crippen LogP contribution < -0.4 is 11.1 Å². The quantitative estimate of drug-likeness (QED) is 0.578. The third-order valence-electron chi connectivity index (χ3n) is 2.59. The molecule has 1 amide bonds. The summed E-state index contributed by atoms with van der Waals surface area (Å²) in [5.74, 6) is 0.149. The molecule has 0 saturated carbocycles. The molecule has 0 saturated heterocycles. The second-order valence-electron chi connectivity index (χ2n) is 4.14. The number of amides is 1. The zero-order valence-corrected chi connectivity index (χ0v) is 10.2. The largest absolute Gasteiger partial charge is 0.355 e. The van der Waals surface area contributed by atoms with E-state index in [0.717, 1.165) is 12.8 Å². The van der Waals surface area contributed by atoms with E-state index in [-0.39, 0.29) is 11.9 Å². The van der Waals surface area contributed by atoms with Gasteiger partial charge in [-0.15, -0.1) is 0 Å². The summed E-state index contributed by atoms with van der Waals surface area (Å²) in [5, 5.41) is 2.86. The zero-order chi connectivity index (χ0) is 11.5. The van der Waals surface area contributed by atoms with E-state index in [2.05, 4.69) is 12.2 Å². The highest BCUT2D eigenvalue weighted by Gasteiger charge is 2.03. The number of hydrogen-bond donors (Lipinski definition) is 2. The number of nitrogens with one attached hydrogen (secondary N) is 1. The SMILES string of the molecule is CCCCCCCC(=O)NCC(N)CC. The van der Waals surface area contributed by atoms with E-state index >= 15 is 0 Å². The molecular weight excluding hydrogens is 188 g/mol. The van der Waals surface area contributed by atoms with Crippen LogP contribution >= 0.6 is 0 Å². The maximum atomic E-state index is 11.3. The van der Waals surface area contributed by atoms with Crippen molar-refractivity contribution in [2.75, 3.05) is 6.54 Å². The summed E-state index contributed by atoms with van der Waals surface area (Å²) in [6.07, 6.45) is 7.52. The van der Waals surface area contributed by atoms with Crippen molar-refractivity contribution < 1.29 is 4.79 Å². The third-order valence-corrected chi connectivity index (χ3v) is 2.59. The van der Waals surface area contributed by atoms with Crippen LogP contribution in [0.4, 0.5) is 0 Å². The van der Waals surface area contributed by atoms with E-state index in [9.17, 15) is 4.79 Å². The predicted molar refractivity (Wildman–Crippen MR) is 64.7 cm³/mol. The van der Waals surface area contributed by atoms with E-state index in [1.807, 2.05) is 6.92 Å². The molecule has 90 valence electrons. The molecule has 15 heavy (non-hydrogen) atoms. The van der Waals surface area contributed by atoms with Gasteiger partial charge in [-0.25, -0.2) is 0 Å². The molecule has 0 bridgehead atoms. The molecule has 3 nitrogen and oxygen atoms in total. The van der Waals surface area contributed by atoms with Crippen molar-refractivity contribution >= 4 is 5.91 Å². The number of unbranched alkanes of at least 4 members (excludes halogenated alkanes) is 4. The van der Waals surface area contributed by atoms with E-state index in [1.54, 1.807) is 0 Å². The van der Waals surface area contributed by atoms with Crippen LogP contribution in [0, 0.1) is 0 Å². The van der Waals surface area contributed by atoms with Crippen molar-refractivity contribution in [3.63, 3.8) is 0 Å². The Morgan fingerprint density at radius 3 is 2.47 bits per heavy atom. The van der Waals surface area contributed by atoms with Gasteiger partial charge in [-0.1, -0.05) is 39.5 Å². The van der Waals surface area contributed by atoms with Crippen LogP contribution in [0.15, 0.2) is 0 Å². The Morgan fingerprint density at radius 2 is 1.87 bits per heavy atom. The number of rotatable bonds is 9. The summed E-state index contributed by atoms with van der Waals surface area (Å²) in [5.41, 5.74) is 5.70. The van der Waals surface area contributed by atoms with E-state index in [1.165, 1.54) is 25.7 Å². The summed E-state index contributed by atoms with van der Waals surface area (Å²) in [6.45, 7) is 4.84. The second-order valence-corrected chi connectivity index (χ2v) is 4.14. The average molecular weight is 214 g/mol. The smallest absolute Gasteiger partial charge is 0.220 e. The molecule has 3 heteroatoms. The standard InChI is InChI=1S/C12H26N2O/c1-3-5-6-7-8-9-12(15)14-10-11(13)4-2/h11H,3-10,13H2,1-2H3,(H,14,15). The summed E-state index contributed by atoms with van der Waals surface area (Å²) >= 11 is 0.